The highest BCUT2D eigenvalue weighted by molar-refractivity contribution is 5.80. The number of alkyl halides is 6. The van der Waals surface area contributed by atoms with Gasteiger partial charge in [0.15, 0.2) is 0 Å². The number of piperazine rings is 1. The van der Waals surface area contributed by atoms with Crippen molar-refractivity contribution < 1.29 is 41.0 Å². The Kier molecular flexibility index (Phi) is 7.69. The van der Waals surface area contributed by atoms with Crippen molar-refractivity contribution in [1.29, 1.82) is 0 Å². The molecule has 11 heteroatoms. The summed E-state index contributed by atoms with van der Waals surface area (Å²) in [5.41, 5.74) is -3.26. The van der Waals surface area contributed by atoms with Crippen LogP contribution in [0.4, 0.5) is 26.3 Å². The molecule has 0 aromatic heterocycles. The van der Waals surface area contributed by atoms with Gasteiger partial charge in [0.2, 0.25) is 5.91 Å². The molecule has 3 aliphatic rings. The highest BCUT2D eigenvalue weighted by Crippen LogP contribution is 2.50. The molecule has 5 nitrogen and oxygen atoms in total. The number of hydrogen-bond acceptors (Lipinski definition) is 4. The first kappa shape index (κ1) is 28.9. The zero-order valence-electron chi connectivity index (χ0n) is 22.1. The average molecular weight is 571 g/mol. The smallest absolute Gasteiger partial charge is 0.381 e. The fraction of sp³-hybridized carbons (Fsp3) is 0.552. The standard InChI is InChI=1S/C29H32F6N2O3/c1-18-14-19(15-36-16-23-7-8-24(17-36)37(23)26(38)21-10-12-40-13-11-21)2-9-25(18)20-3-5-22(6-4-20)27(39,28(30,31)32)29(33,34)35/h2-6,9,14,21,23-24,39H,7-8,10-13,15-17H2,1H3. The highest BCUT2D eigenvalue weighted by Gasteiger charge is 2.71. The molecular weight excluding hydrogens is 538 g/mol. The van der Waals surface area contributed by atoms with Gasteiger partial charge in [-0.05, 0) is 54.9 Å². The van der Waals surface area contributed by atoms with Crippen molar-refractivity contribution in [1.82, 2.24) is 9.80 Å². The van der Waals surface area contributed by atoms with E-state index in [1.165, 1.54) is 0 Å². The summed E-state index contributed by atoms with van der Waals surface area (Å²) in [5.74, 6) is 0.300. The molecule has 2 aromatic carbocycles. The van der Waals surface area contributed by atoms with Gasteiger partial charge in [-0.15, -0.1) is 0 Å². The molecule has 1 amide bonds. The molecule has 3 saturated heterocycles. The van der Waals surface area contributed by atoms with Gasteiger partial charge in [0.05, 0.1) is 0 Å². The summed E-state index contributed by atoms with van der Waals surface area (Å²) < 4.78 is 84.7. The number of likely N-dealkylation sites (tertiary alicyclic amines) is 1. The fourth-order valence-electron chi connectivity index (χ4n) is 6.42. The van der Waals surface area contributed by atoms with Gasteiger partial charge in [0.25, 0.3) is 5.60 Å². The van der Waals surface area contributed by atoms with E-state index in [2.05, 4.69) is 9.80 Å². The molecule has 3 fully saturated rings. The van der Waals surface area contributed by atoms with Crippen LogP contribution in [0.15, 0.2) is 42.5 Å². The molecule has 2 bridgehead atoms. The zero-order valence-corrected chi connectivity index (χ0v) is 22.1. The van der Waals surface area contributed by atoms with Crippen molar-refractivity contribution in [2.24, 2.45) is 5.92 Å². The summed E-state index contributed by atoms with van der Waals surface area (Å²) in [5, 5.41) is 9.64. The lowest BCUT2D eigenvalue weighted by atomic mass is 9.90. The molecular formula is C29H32F6N2O3. The Bertz CT molecular complexity index is 1200. The number of aliphatic hydroxyl groups is 1. The molecule has 0 saturated carbocycles. The van der Waals surface area contributed by atoms with Crippen LogP contribution in [0.5, 0.6) is 0 Å². The number of amides is 1. The SMILES string of the molecule is Cc1cc(CN2CC3CCC(C2)N3C(=O)C2CCOCC2)ccc1-c1ccc(C(O)(C(F)(F)F)C(F)(F)F)cc1. The van der Waals surface area contributed by atoms with Crippen LogP contribution in [0, 0.1) is 12.8 Å². The van der Waals surface area contributed by atoms with Crippen LogP contribution < -0.4 is 0 Å². The van der Waals surface area contributed by atoms with Crippen molar-refractivity contribution in [3.8, 4) is 11.1 Å². The third kappa shape index (κ3) is 5.23. The summed E-state index contributed by atoms with van der Waals surface area (Å²) in [4.78, 5) is 17.7. The fourth-order valence-corrected chi connectivity index (χ4v) is 6.42. The minimum Gasteiger partial charge on any atom is -0.381 e. The molecule has 2 unspecified atom stereocenters. The topological polar surface area (TPSA) is 53.0 Å². The molecule has 2 aromatic rings. The van der Waals surface area contributed by atoms with Crippen molar-refractivity contribution >= 4 is 5.91 Å². The molecule has 3 heterocycles. The van der Waals surface area contributed by atoms with E-state index in [9.17, 15) is 36.2 Å². The molecule has 0 radical (unpaired) electrons. The molecule has 2 atom stereocenters. The number of fused-ring (bicyclic) bond motifs is 2. The summed E-state index contributed by atoms with van der Waals surface area (Å²) in [6.45, 7) is 5.35. The normalized spacial score (nSPS) is 23.1. The summed E-state index contributed by atoms with van der Waals surface area (Å²) >= 11 is 0. The van der Waals surface area contributed by atoms with E-state index in [1.807, 2.05) is 19.1 Å². The van der Waals surface area contributed by atoms with E-state index in [0.29, 0.717) is 43.0 Å². The van der Waals surface area contributed by atoms with Crippen LogP contribution in [0.25, 0.3) is 11.1 Å². The molecule has 3 aliphatic heterocycles. The maximum absolute atomic E-state index is 13.2. The number of nitrogens with zero attached hydrogens (tertiary/aromatic N) is 2. The van der Waals surface area contributed by atoms with Crippen LogP contribution in [0.1, 0.15) is 42.4 Å². The first-order valence-electron chi connectivity index (χ1n) is 13.5. The van der Waals surface area contributed by atoms with Crippen molar-refractivity contribution in [2.45, 2.75) is 69.2 Å². The summed E-state index contributed by atoms with van der Waals surface area (Å²) in [6.07, 6.45) is -8.32. The maximum Gasteiger partial charge on any atom is 0.430 e. The Balaban J connectivity index is 1.26. The second kappa shape index (κ2) is 10.6. The molecule has 1 N–H and O–H groups in total. The van der Waals surface area contributed by atoms with Crippen molar-refractivity contribution in [3.63, 3.8) is 0 Å². The monoisotopic (exact) mass is 570 g/mol. The van der Waals surface area contributed by atoms with Gasteiger partial charge in [-0.2, -0.15) is 26.3 Å². The van der Waals surface area contributed by atoms with Gasteiger partial charge >= 0.3 is 12.4 Å². The number of benzene rings is 2. The minimum absolute atomic E-state index is 0.0448. The lowest BCUT2D eigenvalue weighted by Gasteiger charge is -2.43. The average Bonchev–Trinajstić information content (AvgIpc) is 3.17. The Morgan fingerprint density at radius 3 is 2.00 bits per heavy atom. The van der Waals surface area contributed by atoms with Crippen LogP contribution in [0.3, 0.4) is 0 Å². The third-order valence-corrected chi connectivity index (χ3v) is 8.51. The Morgan fingerprint density at radius 2 is 1.48 bits per heavy atom. The van der Waals surface area contributed by atoms with Gasteiger partial charge in [-0.1, -0.05) is 42.5 Å². The number of hydrogen-bond donors (Lipinski definition) is 1. The second-order valence-corrected chi connectivity index (χ2v) is 11.1. The minimum atomic E-state index is -5.92. The molecule has 40 heavy (non-hydrogen) atoms. The Morgan fingerprint density at radius 1 is 0.900 bits per heavy atom. The first-order valence-corrected chi connectivity index (χ1v) is 13.5. The first-order chi connectivity index (χ1) is 18.8. The van der Waals surface area contributed by atoms with E-state index in [0.717, 1.165) is 62.0 Å². The van der Waals surface area contributed by atoms with Crippen LogP contribution in [-0.4, -0.2) is 71.6 Å². The van der Waals surface area contributed by atoms with E-state index in [1.54, 1.807) is 6.07 Å². The predicted molar refractivity (Wildman–Crippen MR) is 135 cm³/mol. The zero-order chi connectivity index (χ0) is 28.9. The maximum atomic E-state index is 13.2. The van der Waals surface area contributed by atoms with Crippen LogP contribution in [-0.2, 0) is 21.7 Å². The van der Waals surface area contributed by atoms with Crippen LogP contribution >= 0.6 is 0 Å². The number of ether oxygens (including phenoxy) is 1. The predicted octanol–water partition coefficient (Wildman–Crippen LogP) is 5.58. The van der Waals surface area contributed by atoms with E-state index >= 15 is 0 Å². The molecule has 5 rings (SSSR count). The largest absolute Gasteiger partial charge is 0.430 e. The molecule has 0 spiro atoms. The number of carbonyl (C=O) groups excluding carboxylic acids is 1. The van der Waals surface area contributed by atoms with E-state index in [-0.39, 0.29) is 23.9 Å². The van der Waals surface area contributed by atoms with Gasteiger partial charge in [0, 0.05) is 56.4 Å². The number of rotatable bonds is 5. The summed E-state index contributed by atoms with van der Waals surface area (Å²) in [7, 11) is 0. The summed E-state index contributed by atoms with van der Waals surface area (Å²) in [6, 6.07) is 9.71. The second-order valence-electron chi connectivity index (χ2n) is 11.1. The van der Waals surface area contributed by atoms with Crippen molar-refractivity contribution in [3.05, 3.63) is 59.2 Å². The Labute approximate surface area is 228 Å². The van der Waals surface area contributed by atoms with E-state index < -0.39 is 23.5 Å². The molecule has 0 aliphatic carbocycles. The highest BCUT2D eigenvalue weighted by atomic mass is 19.4. The lowest BCUT2D eigenvalue weighted by Crippen LogP contribution is -2.57. The van der Waals surface area contributed by atoms with Crippen LogP contribution in [0.2, 0.25) is 0 Å². The van der Waals surface area contributed by atoms with Gasteiger partial charge in [-0.3, -0.25) is 9.69 Å². The number of aryl methyl sites for hydroxylation is 1. The van der Waals surface area contributed by atoms with E-state index in [4.69, 9.17) is 4.74 Å². The van der Waals surface area contributed by atoms with Gasteiger partial charge in [-0.25, -0.2) is 0 Å². The number of halogens is 6. The third-order valence-electron chi connectivity index (χ3n) is 8.51. The number of carbonyl (C=O) groups is 1. The quantitative estimate of drug-likeness (QED) is 0.478. The van der Waals surface area contributed by atoms with Gasteiger partial charge in [0.1, 0.15) is 0 Å². The lowest BCUT2D eigenvalue weighted by molar-refractivity contribution is -0.376. The van der Waals surface area contributed by atoms with Gasteiger partial charge < -0.3 is 14.7 Å². The Hall–Kier alpha value is -2.63. The molecule has 218 valence electrons. The van der Waals surface area contributed by atoms with Crippen molar-refractivity contribution in [2.75, 3.05) is 26.3 Å².